The highest BCUT2D eigenvalue weighted by Gasteiger charge is 2.49. The minimum atomic E-state index is -0.400. The maximum absolute atomic E-state index is 13.6. The number of imidazole rings is 1. The summed E-state index contributed by atoms with van der Waals surface area (Å²) in [5, 5.41) is 0.985. The van der Waals surface area contributed by atoms with E-state index < -0.39 is 5.92 Å². The van der Waals surface area contributed by atoms with E-state index in [1.54, 1.807) is 0 Å². The van der Waals surface area contributed by atoms with Gasteiger partial charge in [0.15, 0.2) is 11.6 Å². The minimum Gasteiger partial charge on any atom is -0.352 e. The van der Waals surface area contributed by atoms with Crippen molar-refractivity contribution >= 4 is 39.5 Å². The number of ketones is 1. The van der Waals surface area contributed by atoms with Crippen LogP contribution in [-0.2, 0) is 4.79 Å². The molecule has 0 radical (unpaired) electrons. The molecule has 36 heavy (non-hydrogen) atoms. The number of nitrogens with zero attached hydrogens (tertiary/aromatic N) is 3. The summed E-state index contributed by atoms with van der Waals surface area (Å²) in [5.74, 6) is -0.200. The van der Waals surface area contributed by atoms with Crippen molar-refractivity contribution in [3.8, 4) is 0 Å². The van der Waals surface area contributed by atoms with Crippen molar-refractivity contribution in [1.82, 2.24) is 24.8 Å². The van der Waals surface area contributed by atoms with Crippen molar-refractivity contribution in [2.45, 2.75) is 38.8 Å². The van der Waals surface area contributed by atoms with Crippen LogP contribution in [0.25, 0.3) is 21.9 Å². The van der Waals surface area contributed by atoms with Crippen LogP contribution < -0.4 is 0 Å². The number of piperazine rings is 1. The van der Waals surface area contributed by atoms with Crippen LogP contribution >= 0.6 is 0 Å². The number of carbonyl (C=O) groups is 3. The van der Waals surface area contributed by atoms with Gasteiger partial charge in [-0.25, -0.2) is 4.98 Å². The zero-order chi connectivity index (χ0) is 25.0. The van der Waals surface area contributed by atoms with Gasteiger partial charge in [0.1, 0.15) is 0 Å². The van der Waals surface area contributed by atoms with Crippen LogP contribution in [0.2, 0.25) is 0 Å². The number of H-pyrrole nitrogens is 2. The first-order valence-corrected chi connectivity index (χ1v) is 12.6. The number of aromatic nitrogens is 3. The van der Waals surface area contributed by atoms with Gasteiger partial charge in [-0.1, -0.05) is 44.2 Å². The quantitative estimate of drug-likeness (QED) is 0.405. The zero-order valence-electron chi connectivity index (χ0n) is 20.4. The number of rotatable bonds is 6. The topological polar surface area (TPSA) is 102 Å². The van der Waals surface area contributed by atoms with Gasteiger partial charge >= 0.3 is 0 Å². The monoisotopic (exact) mass is 483 g/mol. The van der Waals surface area contributed by atoms with E-state index in [0.29, 0.717) is 24.6 Å². The number of carbonyl (C=O) groups excluding carboxylic acids is 3. The van der Waals surface area contributed by atoms with Crippen LogP contribution in [0, 0.1) is 11.8 Å². The first kappa shape index (κ1) is 22.5. The molecule has 4 aromatic rings. The molecule has 2 aliphatic rings. The van der Waals surface area contributed by atoms with Crippen molar-refractivity contribution in [1.29, 1.82) is 0 Å². The third-order valence-electron chi connectivity index (χ3n) is 7.73. The third kappa shape index (κ3) is 3.77. The van der Waals surface area contributed by atoms with Crippen LogP contribution in [0.3, 0.4) is 0 Å². The number of fused-ring (bicyclic) bond motifs is 4. The molecule has 3 atom stereocenters. The predicted octanol–water partition coefficient (Wildman–Crippen LogP) is 4.01. The summed E-state index contributed by atoms with van der Waals surface area (Å²) >= 11 is 0. The lowest BCUT2D eigenvalue weighted by atomic mass is 9.88. The fourth-order valence-corrected chi connectivity index (χ4v) is 5.73. The first-order chi connectivity index (χ1) is 17.4. The molecule has 0 spiro atoms. The molecule has 6 rings (SSSR count). The van der Waals surface area contributed by atoms with E-state index in [9.17, 15) is 14.4 Å². The molecule has 2 N–H and O–H groups in total. The average Bonchev–Trinajstić information content (AvgIpc) is 3.67. The lowest BCUT2D eigenvalue weighted by Crippen LogP contribution is -2.52. The van der Waals surface area contributed by atoms with Crippen molar-refractivity contribution in [3.05, 3.63) is 66.1 Å². The van der Waals surface area contributed by atoms with Gasteiger partial charge < -0.3 is 19.8 Å². The number of aromatic amines is 2. The minimum absolute atomic E-state index is 0.0118. The Morgan fingerprint density at radius 2 is 1.64 bits per heavy atom. The van der Waals surface area contributed by atoms with Crippen molar-refractivity contribution in [2.75, 3.05) is 13.1 Å². The molecule has 2 aliphatic heterocycles. The summed E-state index contributed by atoms with van der Waals surface area (Å²) in [6, 6.07) is 17.2. The third-order valence-corrected chi connectivity index (χ3v) is 7.73. The number of benzene rings is 2. The molecular weight excluding hydrogens is 454 g/mol. The number of hydrogen-bond acceptors (Lipinski definition) is 4. The summed E-state index contributed by atoms with van der Waals surface area (Å²) in [5.41, 5.74) is 3.06. The number of hydrogen-bond donors (Lipinski definition) is 2. The van der Waals surface area contributed by atoms with Gasteiger partial charge in [-0.2, -0.15) is 0 Å². The molecule has 2 aromatic heterocycles. The van der Waals surface area contributed by atoms with Crippen LogP contribution in [0.15, 0.2) is 54.6 Å². The molecule has 2 bridgehead atoms. The summed E-state index contributed by atoms with van der Waals surface area (Å²) in [6.07, 6.45) is 0.928. The van der Waals surface area contributed by atoms with Crippen molar-refractivity contribution in [3.63, 3.8) is 0 Å². The summed E-state index contributed by atoms with van der Waals surface area (Å²) < 4.78 is 0. The number of likely N-dealkylation sites (tertiary alicyclic amines) is 2. The molecule has 8 nitrogen and oxygen atoms in total. The predicted molar refractivity (Wildman–Crippen MR) is 137 cm³/mol. The highest BCUT2D eigenvalue weighted by molar-refractivity contribution is 6.01. The van der Waals surface area contributed by atoms with Gasteiger partial charge in [0.05, 0.1) is 28.8 Å². The molecule has 2 saturated heterocycles. The second-order valence-electron chi connectivity index (χ2n) is 10.3. The van der Waals surface area contributed by atoms with Crippen LogP contribution in [0.4, 0.5) is 0 Å². The van der Waals surface area contributed by atoms with Gasteiger partial charge in [-0.15, -0.1) is 0 Å². The van der Waals surface area contributed by atoms with Gasteiger partial charge in [-0.3, -0.25) is 14.4 Å². The van der Waals surface area contributed by atoms with E-state index in [1.807, 2.05) is 78.2 Å². The Hall–Kier alpha value is -3.94. The Bertz CT molecular complexity index is 1420. The largest absolute Gasteiger partial charge is 0.352 e. The Morgan fingerprint density at radius 1 is 0.944 bits per heavy atom. The van der Waals surface area contributed by atoms with Crippen molar-refractivity contribution < 1.29 is 14.4 Å². The molecular formula is C28H29N5O3. The van der Waals surface area contributed by atoms with Crippen LogP contribution in [0.5, 0.6) is 0 Å². The summed E-state index contributed by atoms with van der Waals surface area (Å²) in [6.45, 7) is 4.98. The van der Waals surface area contributed by atoms with E-state index in [2.05, 4.69) is 15.0 Å². The van der Waals surface area contributed by atoms with E-state index in [4.69, 9.17) is 0 Å². The fraction of sp³-hybridized carbons (Fsp3) is 0.357. The van der Waals surface area contributed by atoms with Crippen LogP contribution in [0.1, 0.15) is 47.8 Å². The van der Waals surface area contributed by atoms with Gasteiger partial charge in [0.25, 0.3) is 5.91 Å². The second kappa shape index (κ2) is 8.62. The molecule has 2 amide bonds. The highest BCUT2D eigenvalue weighted by atomic mass is 16.2. The van der Waals surface area contributed by atoms with Gasteiger partial charge in [-0.05, 0) is 36.6 Å². The number of amides is 2. The van der Waals surface area contributed by atoms with E-state index in [1.165, 1.54) is 0 Å². The SMILES string of the molecule is CC(C)[C@H](CC(=O)c1cc2ccccc2[nH]1)C(=O)N1C[C@@H]2C[C@H]1CN2C(=O)c1nc2ccccc2[nH]1. The summed E-state index contributed by atoms with van der Waals surface area (Å²) in [7, 11) is 0. The van der Waals surface area contributed by atoms with Gasteiger partial charge in [0, 0.05) is 36.3 Å². The van der Waals surface area contributed by atoms with Crippen LogP contribution in [-0.4, -0.2) is 67.5 Å². The molecule has 2 aromatic carbocycles. The molecule has 0 saturated carbocycles. The number of para-hydroxylation sites is 3. The Kier molecular flexibility index (Phi) is 5.39. The van der Waals surface area contributed by atoms with Crippen molar-refractivity contribution in [2.24, 2.45) is 11.8 Å². The number of nitrogens with one attached hydrogen (secondary N) is 2. The Morgan fingerprint density at radius 3 is 2.33 bits per heavy atom. The van der Waals surface area contributed by atoms with Gasteiger partial charge in [0.2, 0.25) is 5.91 Å². The first-order valence-electron chi connectivity index (χ1n) is 12.6. The second-order valence-corrected chi connectivity index (χ2v) is 10.3. The standard InChI is InChI=1S/C28H29N5O3/c1-16(2)20(13-25(34)24-11-17-7-3-4-8-21(17)29-24)27(35)32-14-19-12-18(32)15-33(19)28(36)26-30-22-9-5-6-10-23(22)31-26/h3-11,16,18-20,29H,12-15H2,1-2H3,(H,30,31)/t18-,19-,20-/m0/s1. The molecule has 0 unspecified atom stereocenters. The Labute approximate surface area is 208 Å². The highest BCUT2D eigenvalue weighted by Crippen LogP contribution is 2.34. The average molecular weight is 484 g/mol. The lowest BCUT2D eigenvalue weighted by Gasteiger charge is -2.36. The normalized spacial score (nSPS) is 20.1. The fourth-order valence-electron chi connectivity index (χ4n) is 5.73. The molecule has 4 heterocycles. The summed E-state index contributed by atoms with van der Waals surface area (Å²) in [4.78, 5) is 54.4. The molecule has 8 heteroatoms. The number of Topliss-reactive ketones (excluding diaryl/α,β-unsaturated/α-hetero) is 1. The smallest absolute Gasteiger partial charge is 0.290 e. The maximum atomic E-state index is 13.6. The van der Waals surface area contributed by atoms with E-state index >= 15 is 0 Å². The van der Waals surface area contributed by atoms with E-state index in [0.717, 1.165) is 28.4 Å². The van der Waals surface area contributed by atoms with E-state index in [-0.39, 0.29) is 42.0 Å². The lowest BCUT2D eigenvalue weighted by molar-refractivity contribution is -0.139. The Balaban J connectivity index is 1.14. The maximum Gasteiger partial charge on any atom is 0.290 e. The molecule has 0 aliphatic carbocycles. The molecule has 2 fully saturated rings. The molecule has 184 valence electrons. The zero-order valence-corrected chi connectivity index (χ0v) is 20.4.